The molecule has 1 aromatic rings. The lowest BCUT2D eigenvalue weighted by Crippen LogP contribution is -2.54. The van der Waals surface area contributed by atoms with E-state index in [9.17, 15) is 0 Å². The molecule has 1 aliphatic heterocycles. The van der Waals surface area contributed by atoms with E-state index in [0.717, 1.165) is 69.6 Å². The number of anilines is 1. The van der Waals surface area contributed by atoms with Gasteiger partial charge in [-0.15, -0.1) is 0 Å². The first-order valence-electron chi connectivity index (χ1n) is 9.40. The summed E-state index contributed by atoms with van der Waals surface area (Å²) in [4.78, 5) is 12.5. The van der Waals surface area contributed by atoms with Crippen molar-refractivity contribution < 1.29 is 4.74 Å². The molecule has 0 aromatic carbocycles. The van der Waals surface area contributed by atoms with Crippen molar-refractivity contribution in [3.63, 3.8) is 0 Å². The average molecular weight is 365 g/mol. The molecule has 1 saturated heterocycles. The van der Waals surface area contributed by atoms with Crippen LogP contribution >= 0.6 is 12.2 Å². The Morgan fingerprint density at radius 1 is 1.24 bits per heavy atom. The molecule has 0 N–H and O–H groups in total. The van der Waals surface area contributed by atoms with Crippen LogP contribution in [0.4, 0.5) is 5.82 Å². The molecule has 6 heteroatoms. The summed E-state index contributed by atoms with van der Waals surface area (Å²) in [6.07, 6.45) is 4.09. The SMILES string of the molecule is CCCN(CCC)C(CN1CCOCC1)C(=S)N(C)c1ccccn1. The molecule has 25 heavy (non-hydrogen) atoms. The number of ether oxygens (including phenoxy) is 1. The van der Waals surface area contributed by atoms with E-state index >= 15 is 0 Å². The fourth-order valence-corrected chi connectivity index (χ4v) is 3.58. The Morgan fingerprint density at radius 3 is 2.48 bits per heavy atom. The van der Waals surface area contributed by atoms with Crippen molar-refractivity contribution in [3.8, 4) is 0 Å². The predicted octanol–water partition coefficient (Wildman–Crippen LogP) is 2.67. The number of aromatic nitrogens is 1. The van der Waals surface area contributed by atoms with Gasteiger partial charge in [-0.25, -0.2) is 4.98 Å². The maximum atomic E-state index is 5.94. The quantitative estimate of drug-likeness (QED) is 0.627. The molecule has 1 fully saturated rings. The highest BCUT2D eigenvalue weighted by Crippen LogP contribution is 2.16. The van der Waals surface area contributed by atoms with Crippen LogP contribution in [0, 0.1) is 0 Å². The molecule has 2 rings (SSSR count). The van der Waals surface area contributed by atoms with Gasteiger partial charge in [0.25, 0.3) is 0 Å². The first-order chi connectivity index (χ1) is 12.2. The van der Waals surface area contributed by atoms with Gasteiger partial charge in [0.1, 0.15) is 10.8 Å². The number of likely N-dealkylation sites (N-methyl/N-ethyl adjacent to an activating group) is 1. The van der Waals surface area contributed by atoms with E-state index in [2.05, 4.69) is 33.5 Å². The van der Waals surface area contributed by atoms with Crippen LogP contribution < -0.4 is 4.90 Å². The summed E-state index contributed by atoms with van der Waals surface area (Å²) in [5, 5.41) is 0. The van der Waals surface area contributed by atoms with Crippen molar-refractivity contribution in [3.05, 3.63) is 24.4 Å². The third-order valence-electron chi connectivity index (χ3n) is 4.61. The fraction of sp³-hybridized carbons (Fsp3) is 0.684. The number of rotatable bonds is 9. The highest BCUT2D eigenvalue weighted by Gasteiger charge is 2.28. The third kappa shape index (κ3) is 5.99. The number of thiocarbonyl (C=S) groups is 1. The van der Waals surface area contributed by atoms with Gasteiger partial charge in [-0.3, -0.25) is 9.80 Å². The van der Waals surface area contributed by atoms with Gasteiger partial charge in [-0.05, 0) is 38.1 Å². The van der Waals surface area contributed by atoms with Crippen molar-refractivity contribution in [1.29, 1.82) is 0 Å². The number of nitrogens with zero attached hydrogens (tertiary/aromatic N) is 4. The smallest absolute Gasteiger partial charge is 0.133 e. The van der Waals surface area contributed by atoms with E-state index in [1.807, 2.05) is 31.4 Å². The summed E-state index contributed by atoms with van der Waals surface area (Å²) in [5.41, 5.74) is 0. The topological polar surface area (TPSA) is 31.8 Å². The fourth-order valence-electron chi connectivity index (χ4n) is 3.26. The van der Waals surface area contributed by atoms with Gasteiger partial charge in [-0.1, -0.05) is 32.1 Å². The van der Waals surface area contributed by atoms with Crippen molar-refractivity contribution in [2.75, 3.05) is 57.9 Å². The summed E-state index contributed by atoms with van der Waals surface area (Å²) < 4.78 is 5.51. The van der Waals surface area contributed by atoms with E-state index in [0.29, 0.717) is 0 Å². The number of pyridine rings is 1. The van der Waals surface area contributed by atoms with Crippen LogP contribution in [-0.4, -0.2) is 78.8 Å². The predicted molar refractivity (Wildman–Crippen MR) is 108 cm³/mol. The van der Waals surface area contributed by atoms with E-state index in [-0.39, 0.29) is 6.04 Å². The van der Waals surface area contributed by atoms with Crippen LogP contribution in [0.1, 0.15) is 26.7 Å². The largest absolute Gasteiger partial charge is 0.379 e. The summed E-state index contributed by atoms with van der Waals surface area (Å²) in [7, 11) is 2.03. The Bertz CT molecular complexity index is 501. The number of hydrogen-bond donors (Lipinski definition) is 0. The lowest BCUT2D eigenvalue weighted by atomic mass is 10.1. The van der Waals surface area contributed by atoms with E-state index < -0.39 is 0 Å². The minimum Gasteiger partial charge on any atom is -0.379 e. The molecule has 0 radical (unpaired) electrons. The molecular weight excluding hydrogens is 332 g/mol. The second kappa shape index (κ2) is 10.8. The molecule has 1 atom stereocenters. The van der Waals surface area contributed by atoms with Gasteiger partial charge in [-0.2, -0.15) is 0 Å². The lowest BCUT2D eigenvalue weighted by Gasteiger charge is -2.39. The Kier molecular flexibility index (Phi) is 8.75. The number of morpholine rings is 1. The third-order valence-corrected chi connectivity index (χ3v) is 5.15. The van der Waals surface area contributed by atoms with Crippen molar-refractivity contribution in [2.45, 2.75) is 32.7 Å². The van der Waals surface area contributed by atoms with E-state index in [1.54, 1.807) is 0 Å². The molecule has 0 amide bonds. The Labute approximate surface area is 158 Å². The maximum Gasteiger partial charge on any atom is 0.133 e. The van der Waals surface area contributed by atoms with Crippen LogP contribution in [0.2, 0.25) is 0 Å². The summed E-state index contributed by atoms with van der Waals surface area (Å²) >= 11 is 5.94. The van der Waals surface area contributed by atoms with Crippen molar-refractivity contribution >= 4 is 23.0 Å². The standard InChI is InChI=1S/C19H32N4OS/c1-4-10-23(11-5-2)17(16-22-12-14-24-15-13-22)19(25)21(3)18-8-6-7-9-20-18/h6-9,17H,4-5,10-16H2,1-3H3. The van der Waals surface area contributed by atoms with Gasteiger partial charge in [0.15, 0.2) is 0 Å². The van der Waals surface area contributed by atoms with Gasteiger partial charge >= 0.3 is 0 Å². The van der Waals surface area contributed by atoms with Crippen LogP contribution in [-0.2, 0) is 4.74 Å². The number of hydrogen-bond acceptors (Lipinski definition) is 5. The normalized spacial score (nSPS) is 16.8. The minimum atomic E-state index is 0.222. The first kappa shape index (κ1) is 20.2. The Morgan fingerprint density at radius 2 is 1.92 bits per heavy atom. The summed E-state index contributed by atoms with van der Waals surface area (Å²) in [6, 6.07) is 6.18. The monoisotopic (exact) mass is 364 g/mol. The molecule has 1 aromatic heterocycles. The molecular formula is C19H32N4OS. The van der Waals surface area contributed by atoms with Crippen LogP contribution in [0.15, 0.2) is 24.4 Å². The van der Waals surface area contributed by atoms with Crippen LogP contribution in [0.3, 0.4) is 0 Å². The lowest BCUT2D eigenvalue weighted by molar-refractivity contribution is 0.0290. The second-order valence-electron chi connectivity index (χ2n) is 6.55. The van der Waals surface area contributed by atoms with Gasteiger partial charge in [0.2, 0.25) is 0 Å². The Balaban J connectivity index is 2.16. The molecule has 140 valence electrons. The highest BCUT2D eigenvalue weighted by molar-refractivity contribution is 7.80. The molecule has 0 saturated carbocycles. The molecule has 1 aliphatic rings. The van der Waals surface area contributed by atoms with Crippen LogP contribution in [0.5, 0.6) is 0 Å². The summed E-state index contributed by atoms with van der Waals surface area (Å²) in [6.45, 7) is 11.2. The first-order valence-corrected chi connectivity index (χ1v) is 9.81. The molecule has 0 bridgehead atoms. The molecule has 2 heterocycles. The highest BCUT2D eigenvalue weighted by atomic mass is 32.1. The Hall–Kier alpha value is -1.08. The van der Waals surface area contributed by atoms with Gasteiger partial charge in [0, 0.05) is 32.9 Å². The van der Waals surface area contributed by atoms with Crippen LogP contribution in [0.25, 0.3) is 0 Å². The van der Waals surface area contributed by atoms with E-state index in [1.165, 1.54) is 0 Å². The zero-order chi connectivity index (χ0) is 18.1. The minimum absolute atomic E-state index is 0.222. The molecule has 0 spiro atoms. The maximum absolute atomic E-state index is 5.94. The average Bonchev–Trinajstić information content (AvgIpc) is 2.66. The molecule has 1 unspecified atom stereocenters. The second-order valence-corrected chi connectivity index (χ2v) is 6.97. The van der Waals surface area contributed by atoms with Crippen molar-refractivity contribution in [1.82, 2.24) is 14.8 Å². The zero-order valence-electron chi connectivity index (χ0n) is 15.9. The van der Waals surface area contributed by atoms with E-state index in [4.69, 9.17) is 17.0 Å². The molecule has 0 aliphatic carbocycles. The van der Waals surface area contributed by atoms with Gasteiger partial charge in [0.05, 0.1) is 19.3 Å². The zero-order valence-corrected chi connectivity index (χ0v) is 16.7. The summed E-state index contributed by atoms with van der Waals surface area (Å²) in [5.74, 6) is 0.910. The van der Waals surface area contributed by atoms with Gasteiger partial charge < -0.3 is 9.64 Å². The van der Waals surface area contributed by atoms with Crippen molar-refractivity contribution in [2.24, 2.45) is 0 Å². The molecule has 5 nitrogen and oxygen atoms in total.